The maximum absolute atomic E-state index is 6.04. The van der Waals surface area contributed by atoms with Crippen molar-refractivity contribution in [3.63, 3.8) is 0 Å². The predicted octanol–water partition coefficient (Wildman–Crippen LogP) is 2.99. The lowest BCUT2D eigenvalue weighted by molar-refractivity contribution is 0.415. The Kier molecular flexibility index (Phi) is 3.35. The summed E-state index contributed by atoms with van der Waals surface area (Å²) in [6.45, 7) is 0. The number of pyridine rings is 1. The van der Waals surface area contributed by atoms with Crippen LogP contribution in [0.2, 0.25) is 5.15 Å². The Hall–Kier alpha value is -2.40. The molecule has 0 bridgehead atoms. The minimum Gasteiger partial charge on any atom is -0.497 e. The molecule has 0 unspecified atom stereocenters. The molecule has 0 saturated heterocycles. The van der Waals surface area contributed by atoms with Crippen molar-refractivity contribution in [3.8, 4) is 22.7 Å². The summed E-state index contributed by atoms with van der Waals surface area (Å²) >= 11 is 6.04. The van der Waals surface area contributed by atoms with Gasteiger partial charge < -0.3 is 4.74 Å². The number of ether oxygens (including phenoxy) is 1. The highest BCUT2D eigenvalue weighted by atomic mass is 35.5. The van der Waals surface area contributed by atoms with Crippen LogP contribution >= 0.6 is 11.6 Å². The van der Waals surface area contributed by atoms with Gasteiger partial charge in [0, 0.05) is 11.8 Å². The molecule has 1 aromatic carbocycles. The molecule has 0 atom stereocenters. The van der Waals surface area contributed by atoms with Gasteiger partial charge in [-0.2, -0.15) is 0 Å². The average Bonchev–Trinajstić information content (AvgIpc) is 2.97. The molecule has 0 aliphatic heterocycles. The van der Waals surface area contributed by atoms with Crippen LogP contribution in [0.25, 0.3) is 16.9 Å². The van der Waals surface area contributed by atoms with Gasteiger partial charge in [-0.15, -0.1) is 5.10 Å². The maximum atomic E-state index is 6.04. The molecule has 0 amide bonds. The summed E-state index contributed by atoms with van der Waals surface area (Å²) in [5.74, 6) is 0.802. The second-order valence-corrected chi connectivity index (χ2v) is 4.45. The Labute approximate surface area is 120 Å². The first kappa shape index (κ1) is 12.6. The number of hydrogen-bond acceptors (Lipinski definition) is 4. The van der Waals surface area contributed by atoms with E-state index in [0.717, 1.165) is 17.0 Å². The Balaban J connectivity index is 1.95. The first-order chi connectivity index (χ1) is 9.78. The quantitative estimate of drug-likeness (QED) is 0.695. The molecule has 0 spiro atoms. The fourth-order valence-corrected chi connectivity index (χ4v) is 2.03. The molecular formula is C14H11ClN4O. The monoisotopic (exact) mass is 286 g/mol. The van der Waals surface area contributed by atoms with Gasteiger partial charge in [-0.3, -0.25) is 0 Å². The van der Waals surface area contributed by atoms with Gasteiger partial charge in [0.2, 0.25) is 0 Å². The van der Waals surface area contributed by atoms with Gasteiger partial charge in [-0.1, -0.05) is 16.8 Å². The highest BCUT2D eigenvalue weighted by Gasteiger charge is 2.08. The van der Waals surface area contributed by atoms with Crippen molar-refractivity contribution in [2.75, 3.05) is 7.11 Å². The van der Waals surface area contributed by atoms with Crippen LogP contribution in [0.5, 0.6) is 5.75 Å². The third kappa shape index (κ3) is 2.35. The van der Waals surface area contributed by atoms with Crippen molar-refractivity contribution in [2.24, 2.45) is 0 Å². The van der Waals surface area contributed by atoms with Gasteiger partial charge in [-0.05, 0) is 36.4 Å². The van der Waals surface area contributed by atoms with Gasteiger partial charge in [0.15, 0.2) is 5.15 Å². The average molecular weight is 287 g/mol. The van der Waals surface area contributed by atoms with Crippen LogP contribution in [0.15, 0.2) is 48.8 Å². The molecule has 6 heteroatoms. The molecule has 0 radical (unpaired) electrons. The highest BCUT2D eigenvalue weighted by molar-refractivity contribution is 6.31. The molecular weight excluding hydrogens is 276 g/mol. The van der Waals surface area contributed by atoms with E-state index in [-0.39, 0.29) is 0 Å². The Morgan fingerprint density at radius 3 is 2.65 bits per heavy atom. The lowest BCUT2D eigenvalue weighted by atomic mass is 10.2. The maximum Gasteiger partial charge on any atom is 0.154 e. The summed E-state index contributed by atoms with van der Waals surface area (Å²) in [4.78, 5) is 4.02. The molecule has 0 N–H and O–H groups in total. The molecule has 3 aromatic rings. The first-order valence-electron chi connectivity index (χ1n) is 5.95. The van der Waals surface area contributed by atoms with Crippen molar-refractivity contribution < 1.29 is 4.74 Å². The van der Waals surface area contributed by atoms with Gasteiger partial charge >= 0.3 is 0 Å². The van der Waals surface area contributed by atoms with Crippen molar-refractivity contribution in [1.29, 1.82) is 0 Å². The van der Waals surface area contributed by atoms with E-state index in [1.807, 2.05) is 36.5 Å². The van der Waals surface area contributed by atoms with E-state index < -0.39 is 0 Å². The largest absolute Gasteiger partial charge is 0.497 e. The molecule has 0 aliphatic carbocycles. The van der Waals surface area contributed by atoms with E-state index >= 15 is 0 Å². The van der Waals surface area contributed by atoms with Crippen molar-refractivity contribution in [2.45, 2.75) is 0 Å². The zero-order valence-electron chi connectivity index (χ0n) is 10.7. The molecule has 2 heterocycles. The summed E-state index contributed by atoms with van der Waals surface area (Å²) in [7, 11) is 1.63. The smallest absolute Gasteiger partial charge is 0.154 e. The number of halogens is 1. The zero-order valence-corrected chi connectivity index (χ0v) is 11.4. The van der Waals surface area contributed by atoms with E-state index in [1.165, 1.54) is 0 Å². The second kappa shape index (κ2) is 5.30. The van der Waals surface area contributed by atoms with Gasteiger partial charge in [-0.25, -0.2) is 9.67 Å². The Morgan fingerprint density at radius 2 is 1.95 bits per heavy atom. The van der Waals surface area contributed by atoms with E-state index in [0.29, 0.717) is 10.8 Å². The second-order valence-electron chi connectivity index (χ2n) is 4.09. The summed E-state index contributed by atoms with van der Waals surface area (Å²) in [6.07, 6.45) is 3.44. The summed E-state index contributed by atoms with van der Waals surface area (Å²) in [5, 5.41) is 8.61. The van der Waals surface area contributed by atoms with Crippen LogP contribution in [0.4, 0.5) is 0 Å². The third-order valence-electron chi connectivity index (χ3n) is 2.87. The first-order valence-corrected chi connectivity index (χ1v) is 6.33. The molecule has 2 aromatic heterocycles. The molecule has 100 valence electrons. The third-order valence-corrected chi connectivity index (χ3v) is 3.16. The van der Waals surface area contributed by atoms with E-state index in [9.17, 15) is 0 Å². The van der Waals surface area contributed by atoms with Crippen molar-refractivity contribution in [3.05, 3.63) is 53.9 Å². The number of hydrogen-bond donors (Lipinski definition) is 0. The SMILES string of the molecule is COc1ccc(-c2cn(-c3cccnc3Cl)nn2)cc1. The fraction of sp³-hybridized carbons (Fsp3) is 0.0714. The van der Waals surface area contributed by atoms with Crippen LogP contribution in [0, 0.1) is 0 Å². The molecule has 20 heavy (non-hydrogen) atoms. The van der Waals surface area contributed by atoms with Crippen LogP contribution in [0.3, 0.4) is 0 Å². The summed E-state index contributed by atoms with van der Waals surface area (Å²) in [6, 6.07) is 11.3. The predicted molar refractivity (Wildman–Crippen MR) is 76.2 cm³/mol. The van der Waals surface area contributed by atoms with Crippen LogP contribution < -0.4 is 4.74 Å². The van der Waals surface area contributed by atoms with Gasteiger partial charge in [0.1, 0.15) is 17.1 Å². The summed E-state index contributed by atoms with van der Waals surface area (Å²) < 4.78 is 6.73. The Bertz CT molecular complexity index is 724. The van der Waals surface area contributed by atoms with Gasteiger partial charge in [0.25, 0.3) is 0 Å². The molecule has 0 aliphatic rings. The van der Waals surface area contributed by atoms with Crippen LogP contribution in [0.1, 0.15) is 0 Å². The number of nitrogens with zero attached hydrogens (tertiary/aromatic N) is 4. The fourth-order valence-electron chi connectivity index (χ4n) is 1.82. The Morgan fingerprint density at radius 1 is 1.15 bits per heavy atom. The molecule has 5 nitrogen and oxygen atoms in total. The standard InChI is InChI=1S/C14H11ClN4O/c1-20-11-6-4-10(5-7-11)12-9-19(18-17-12)13-3-2-8-16-14(13)15/h2-9H,1H3. The molecule has 0 fully saturated rings. The minimum absolute atomic E-state index is 0.388. The van der Waals surface area contributed by atoms with Crippen LogP contribution in [-0.4, -0.2) is 27.1 Å². The zero-order chi connectivity index (χ0) is 13.9. The molecule has 3 rings (SSSR count). The topological polar surface area (TPSA) is 52.8 Å². The highest BCUT2D eigenvalue weighted by Crippen LogP contribution is 2.22. The summed E-state index contributed by atoms with van der Waals surface area (Å²) in [5.41, 5.74) is 2.41. The van der Waals surface area contributed by atoms with E-state index in [2.05, 4.69) is 15.3 Å². The van der Waals surface area contributed by atoms with E-state index in [4.69, 9.17) is 16.3 Å². The normalized spacial score (nSPS) is 10.5. The lowest BCUT2D eigenvalue weighted by Crippen LogP contribution is -1.96. The van der Waals surface area contributed by atoms with Gasteiger partial charge in [0.05, 0.1) is 13.3 Å². The van der Waals surface area contributed by atoms with Crippen molar-refractivity contribution >= 4 is 11.6 Å². The van der Waals surface area contributed by atoms with Crippen LogP contribution in [-0.2, 0) is 0 Å². The molecule has 0 saturated carbocycles. The number of rotatable bonds is 3. The van der Waals surface area contributed by atoms with E-state index in [1.54, 1.807) is 24.1 Å². The minimum atomic E-state index is 0.388. The number of methoxy groups -OCH3 is 1. The number of benzene rings is 1. The lowest BCUT2D eigenvalue weighted by Gasteiger charge is -2.01. The number of aromatic nitrogens is 4. The van der Waals surface area contributed by atoms with Crippen molar-refractivity contribution in [1.82, 2.24) is 20.0 Å².